The van der Waals surface area contributed by atoms with Gasteiger partial charge in [0.1, 0.15) is 0 Å². The highest BCUT2D eigenvalue weighted by molar-refractivity contribution is 5.84. The molecule has 1 aliphatic rings. The van der Waals surface area contributed by atoms with Gasteiger partial charge >= 0.3 is 0 Å². The molecule has 0 amide bonds. The number of H-pyrrole nitrogens is 1. The van der Waals surface area contributed by atoms with Crippen LogP contribution in [0.3, 0.4) is 0 Å². The van der Waals surface area contributed by atoms with Crippen LogP contribution in [0.4, 0.5) is 0 Å². The van der Waals surface area contributed by atoms with Gasteiger partial charge in [0.2, 0.25) is 0 Å². The zero-order chi connectivity index (χ0) is 13.1. The Labute approximate surface area is 113 Å². The topological polar surface area (TPSA) is 51.6 Å². The van der Waals surface area contributed by atoms with Crippen LogP contribution in [-0.4, -0.2) is 17.6 Å². The Balaban J connectivity index is 1.85. The monoisotopic (exact) mass is 253 g/mol. The summed E-state index contributed by atoms with van der Waals surface area (Å²) in [4.78, 5) is 3.31. The van der Waals surface area contributed by atoms with E-state index in [1.54, 1.807) is 0 Å². The van der Waals surface area contributed by atoms with E-state index in [1.807, 2.05) is 18.2 Å². The van der Waals surface area contributed by atoms with Crippen LogP contribution in [0.2, 0.25) is 0 Å². The fourth-order valence-electron chi connectivity index (χ4n) is 2.96. The molecule has 1 aliphatic heterocycles. The fourth-order valence-corrected chi connectivity index (χ4v) is 2.96. The average molecular weight is 253 g/mol. The number of aromatic nitrogens is 1. The molecule has 1 aromatic carbocycles. The molecule has 3 nitrogen and oxygen atoms in total. The van der Waals surface area contributed by atoms with Crippen molar-refractivity contribution < 1.29 is 0 Å². The number of nitrogens with one attached hydrogen (secondary N) is 2. The number of rotatable bonds is 2. The van der Waals surface area contributed by atoms with Crippen LogP contribution >= 0.6 is 0 Å². The highest BCUT2D eigenvalue weighted by Crippen LogP contribution is 2.22. The minimum absolute atomic E-state index is 0.576. The van der Waals surface area contributed by atoms with Crippen LogP contribution < -0.4 is 5.32 Å². The summed E-state index contributed by atoms with van der Waals surface area (Å²) in [5.41, 5.74) is 3.19. The first kappa shape index (κ1) is 12.3. The lowest BCUT2D eigenvalue weighted by molar-refractivity contribution is 0.509. The molecular formula is C16H19N3. The van der Waals surface area contributed by atoms with E-state index < -0.39 is 0 Å². The van der Waals surface area contributed by atoms with Gasteiger partial charge in [0.25, 0.3) is 0 Å². The smallest absolute Gasteiger partial charge is 0.0991 e. The standard InChI is InChI=1S/C16H19N3/c17-10-12-5-6-16-15(8-12)13(11-19-16)9-14-4-2-1-3-7-18-14/h5-6,8,11,14,18-19H,1-4,7,9H2. The van der Waals surface area contributed by atoms with Crippen molar-refractivity contribution in [3.8, 4) is 6.07 Å². The summed E-state index contributed by atoms with van der Waals surface area (Å²) >= 11 is 0. The molecule has 2 aromatic rings. The van der Waals surface area contributed by atoms with Crippen LogP contribution in [0.1, 0.15) is 36.8 Å². The summed E-state index contributed by atoms with van der Waals surface area (Å²) in [6, 6.07) is 8.66. The highest BCUT2D eigenvalue weighted by Gasteiger charge is 2.14. The summed E-state index contributed by atoms with van der Waals surface area (Å²) in [6.07, 6.45) is 8.36. The van der Waals surface area contributed by atoms with Crippen molar-refractivity contribution in [1.29, 1.82) is 5.26 Å². The van der Waals surface area contributed by atoms with Crippen molar-refractivity contribution >= 4 is 10.9 Å². The van der Waals surface area contributed by atoms with Crippen molar-refractivity contribution in [2.45, 2.75) is 38.1 Å². The summed E-state index contributed by atoms with van der Waals surface area (Å²) in [7, 11) is 0. The number of benzene rings is 1. The minimum atomic E-state index is 0.576. The van der Waals surface area contributed by atoms with Gasteiger partial charge in [-0.15, -0.1) is 0 Å². The van der Waals surface area contributed by atoms with Gasteiger partial charge in [-0.1, -0.05) is 12.8 Å². The Morgan fingerprint density at radius 2 is 2.21 bits per heavy atom. The van der Waals surface area contributed by atoms with Gasteiger partial charge in [0.15, 0.2) is 0 Å². The van der Waals surface area contributed by atoms with Gasteiger partial charge in [0, 0.05) is 23.1 Å². The van der Waals surface area contributed by atoms with Crippen molar-refractivity contribution in [2.24, 2.45) is 0 Å². The summed E-state index contributed by atoms with van der Waals surface area (Å²) < 4.78 is 0. The van der Waals surface area contributed by atoms with Crippen molar-refractivity contribution in [1.82, 2.24) is 10.3 Å². The van der Waals surface area contributed by atoms with Gasteiger partial charge in [-0.05, 0) is 49.6 Å². The van der Waals surface area contributed by atoms with E-state index in [2.05, 4.69) is 22.6 Å². The molecule has 0 spiro atoms. The fraction of sp³-hybridized carbons (Fsp3) is 0.438. The molecule has 0 saturated carbocycles. The van der Waals surface area contributed by atoms with Gasteiger partial charge in [0.05, 0.1) is 11.6 Å². The van der Waals surface area contributed by atoms with E-state index in [1.165, 1.54) is 36.6 Å². The Morgan fingerprint density at radius 3 is 3.11 bits per heavy atom. The Morgan fingerprint density at radius 1 is 1.26 bits per heavy atom. The third-order valence-corrected chi connectivity index (χ3v) is 4.03. The molecule has 1 aromatic heterocycles. The molecule has 3 heteroatoms. The largest absolute Gasteiger partial charge is 0.361 e. The van der Waals surface area contributed by atoms with Crippen molar-refractivity contribution in [3.63, 3.8) is 0 Å². The first-order valence-corrected chi connectivity index (χ1v) is 7.10. The summed E-state index contributed by atoms with van der Waals surface area (Å²) in [5, 5.41) is 13.8. The number of aromatic amines is 1. The zero-order valence-corrected chi connectivity index (χ0v) is 11.1. The van der Waals surface area contributed by atoms with Crippen LogP contribution in [0.25, 0.3) is 10.9 Å². The average Bonchev–Trinajstić information content (AvgIpc) is 2.66. The Kier molecular flexibility index (Phi) is 3.52. The molecule has 0 aliphatic carbocycles. The van der Waals surface area contributed by atoms with E-state index in [-0.39, 0.29) is 0 Å². The lowest BCUT2D eigenvalue weighted by Gasteiger charge is -2.15. The molecule has 0 radical (unpaired) electrons. The van der Waals surface area contributed by atoms with E-state index >= 15 is 0 Å². The van der Waals surface area contributed by atoms with Gasteiger partial charge in [-0.3, -0.25) is 0 Å². The molecule has 1 atom stereocenters. The molecule has 3 rings (SSSR count). The zero-order valence-electron chi connectivity index (χ0n) is 11.1. The van der Waals surface area contributed by atoms with Gasteiger partial charge < -0.3 is 10.3 Å². The van der Waals surface area contributed by atoms with Crippen LogP contribution in [0.15, 0.2) is 24.4 Å². The highest BCUT2D eigenvalue weighted by atomic mass is 14.9. The number of hydrogen-bond donors (Lipinski definition) is 2. The predicted molar refractivity (Wildman–Crippen MR) is 77.0 cm³/mol. The lowest BCUT2D eigenvalue weighted by Crippen LogP contribution is -2.30. The van der Waals surface area contributed by atoms with Crippen LogP contribution in [-0.2, 0) is 6.42 Å². The van der Waals surface area contributed by atoms with E-state index in [0.717, 1.165) is 24.0 Å². The molecule has 1 saturated heterocycles. The Hall–Kier alpha value is -1.79. The van der Waals surface area contributed by atoms with Crippen LogP contribution in [0.5, 0.6) is 0 Å². The second-order valence-electron chi connectivity index (χ2n) is 5.39. The quantitative estimate of drug-likeness (QED) is 0.864. The first-order valence-electron chi connectivity index (χ1n) is 7.10. The maximum Gasteiger partial charge on any atom is 0.0991 e. The normalized spacial score (nSPS) is 20.1. The van der Waals surface area contributed by atoms with Gasteiger partial charge in [-0.25, -0.2) is 0 Å². The maximum absolute atomic E-state index is 9.01. The second-order valence-corrected chi connectivity index (χ2v) is 5.39. The number of nitriles is 1. The Bertz CT molecular complexity index is 598. The molecule has 1 fully saturated rings. The molecule has 19 heavy (non-hydrogen) atoms. The van der Waals surface area contributed by atoms with Crippen molar-refractivity contribution in [2.75, 3.05) is 6.54 Å². The molecule has 0 bridgehead atoms. The minimum Gasteiger partial charge on any atom is -0.361 e. The van der Waals surface area contributed by atoms with E-state index in [9.17, 15) is 0 Å². The summed E-state index contributed by atoms with van der Waals surface area (Å²) in [6.45, 7) is 1.14. The van der Waals surface area contributed by atoms with Crippen LogP contribution in [0, 0.1) is 11.3 Å². The number of fused-ring (bicyclic) bond motifs is 1. The summed E-state index contributed by atoms with van der Waals surface area (Å²) in [5.74, 6) is 0. The van der Waals surface area contributed by atoms with Crippen molar-refractivity contribution in [3.05, 3.63) is 35.5 Å². The molecular weight excluding hydrogens is 234 g/mol. The SMILES string of the molecule is N#Cc1ccc2[nH]cc(CC3CCCCCN3)c2c1. The second kappa shape index (κ2) is 5.46. The first-order chi connectivity index (χ1) is 9.36. The molecule has 2 N–H and O–H groups in total. The predicted octanol–water partition coefficient (Wildman–Crippen LogP) is 3.11. The third kappa shape index (κ3) is 2.64. The van der Waals surface area contributed by atoms with E-state index in [4.69, 9.17) is 5.26 Å². The number of hydrogen-bond acceptors (Lipinski definition) is 2. The molecule has 2 heterocycles. The third-order valence-electron chi connectivity index (χ3n) is 4.03. The maximum atomic E-state index is 9.01. The number of nitrogens with zero attached hydrogens (tertiary/aromatic N) is 1. The van der Waals surface area contributed by atoms with E-state index in [0.29, 0.717) is 6.04 Å². The lowest BCUT2D eigenvalue weighted by atomic mass is 10.0. The molecule has 98 valence electrons. The molecule has 1 unspecified atom stereocenters. The van der Waals surface area contributed by atoms with Gasteiger partial charge in [-0.2, -0.15) is 5.26 Å².